The molecular weight excluding hydrogens is 274 g/mol. The van der Waals surface area contributed by atoms with E-state index in [2.05, 4.69) is 20.2 Å². The molecule has 0 saturated carbocycles. The summed E-state index contributed by atoms with van der Waals surface area (Å²) in [5.41, 5.74) is 8.11. The summed E-state index contributed by atoms with van der Waals surface area (Å²) in [5, 5.41) is 5.90. The Bertz CT molecular complexity index is 615. The fourth-order valence-electron chi connectivity index (χ4n) is 1.33. The minimum absolute atomic E-state index is 0.0929. The molecule has 0 amide bonds. The summed E-state index contributed by atoms with van der Waals surface area (Å²) >= 11 is 1.26. The second-order valence-corrected chi connectivity index (χ2v) is 4.29. The van der Waals surface area contributed by atoms with Crippen molar-refractivity contribution < 1.29 is 13.5 Å². The van der Waals surface area contributed by atoms with E-state index in [4.69, 9.17) is 5.73 Å². The highest BCUT2D eigenvalue weighted by Crippen LogP contribution is 2.23. The number of ether oxygens (including phenoxy) is 1. The van der Waals surface area contributed by atoms with Crippen LogP contribution in [-0.2, 0) is 0 Å². The second-order valence-electron chi connectivity index (χ2n) is 3.43. The number of benzene rings is 1. The number of anilines is 2. The molecule has 0 fully saturated rings. The Kier molecular flexibility index (Phi) is 3.91. The molecule has 0 aliphatic heterocycles. The maximum Gasteiger partial charge on any atom is 0.205 e. The third-order valence-corrected chi connectivity index (χ3v) is 2.93. The zero-order valence-corrected chi connectivity index (χ0v) is 10.7. The number of thiazole rings is 1. The Balaban J connectivity index is 2.15. The average molecular weight is 284 g/mol. The Morgan fingerprint density at radius 3 is 2.89 bits per heavy atom. The van der Waals surface area contributed by atoms with Crippen molar-refractivity contribution in [1.29, 1.82) is 0 Å². The molecule has 8 heteroatoms. The fourth-order valence-corrected chi connectivity index (χ4v) is 1.88. The van der Waals surface area contributed by atoms with E-state index in [1.54, 1.807) is 5.38 Å². The maximum atomic E-state index is 13.7. The number of rotatable bonds is 4. The lowest BCUT2D eigenvalue weighted by Gasteiger charge is -2.04. The van der Waals surface area contributed by atoms with Gasteiger partial charge >= 0.3 is 0 Å². The van der Waals surface area contributed by atoms with Crippen LogP contribution in [0.5, 0.6) is 5.75 Å². The van der Waals surface area contributed by atoms with Gasteiger partial charge in [0.2, 0.25) is 5.13 Å². The number of nitrogen functional groups attached to an aromatic ring is 1. The average Bonchev–Trinajstić information content (AvgIpc) is 2.79. The van der Waals surface area contributed by atoms with Gasteiger partial charge in [0.1, 0.15) is 5.82 Å². The van der Waals surface area contributed by atoms with Crippen LogP contribution in [0.2, 0.25) is 0 Å². The number of nitrogens with two attached hydrogens (primary N) is 1. The summed E-state index contributed by atoms with van der Waals surface area (Å²) in [5.74, 6) is -1.65. The highest BCUT2D eigenvalue weighted by atomic mass is 32.1. The predicted molar refractivity (Wildman–Crippen MR) is 70.7 cm³/mol. The number of hydrazone groups is 1. The lowest BCUT2D eigenvalue weighted by atomic mass is 10.2. The smallest absolute Gasteiger partial charge is 0.205 e. The van der Waals surface area contributed by atoms with E-state index in [0.717, 1.165) is 6.07 Å². The Morgan fingerprint density at radius 2 is 2.26 bits per heavy atom. The van der Waals surface area contributed by atoms with Gasteiger partial charge in [-0.3, -0.25) is 5.43 Å². The standard InChI is InChI=1S/C11H10F2N4OS/c1-18-10-7(12)3-2-6(9(10)13)4-15-17-11-16-8(14)5-19-11/h2-5H,14H2,1H3,(H,16,17). The zero-order valence-electron chi connectivity index (χ0n) is 9.85. The van der Waals surface area contributed by atoms with Crippen LogP contribution >= 0.6 is 11.3 Å². The summed E-state index contributed by atoms with van der Waals surface area (Å²) in [6, 6.07) is 2.36. The van der Waals surface area contributed by atoms with Crippen molar-refractivity contribution in [3.05, 3.63) is 34.7 Å². The minimum atomic E-state index is -0.813. The van der Waals surface area contributed by atoms with Crippen LogP contribution in [0.3, 0.4) is 0 Å². The first-order valence-corrected chi connectivity index (χ1v) is 6.02. The largest absolute Gasteiger partial charge is 0.491 e. The second kappa shape index (κ2) is 5.61. The number of nitrogens with zero attached hydrogens (tertiary/aromatic N) is 2. The van der Waals surface area contributed by atoms with E-state index in [1.165, 1.54) is 30.7 Å². The molecule has 0 aliphatic rings. The van der Waals surface area contributed by atoms with Gasteiger partial charge < -0.3 is 10.5 Å². The van der Waals surface area contributed by atoms with Gasteiger partial charge in [0.25, 0.3) is 0 Å². The number of aromatic nitrogens is 1. The van der Waals surface area contributed by atoms with Crippen molar-refractivity contribution in [2.75, 3.05) is 18.3 Å². The van der Waals surface area contributed by atoms with Crippen molar-refractivity contribution >= 4 is 28.5 Å². The summed E-state index contributed by atoms with van der Waals surface area (Å²) in [4.78, 5) is 3.91. The first-order chi connectivity index (χ1) is 9.11. The molecule has 0 saturated heterocycles. The molecule has 2 rings (SSSR count). The Hall–Kier alpha value is -2.22. The van der Waals surface area contributed by atoms with Crippen molar-refractivity contribution in [3.63, 3.8) is 0 Å². The van der Waals surface area contributed by atoms with Crippen LogP contribution in [0.1, 0.15) is 5.56 Å². The van der Waals surface area contributed by atoms with Crippen molar-refractivity contribution in [2.24, 2.45) is 5.10 Å². The molecule has 19 heavy (non-hydrogen) atoms. The van der Waals surface area contributed by atoms with Gasteiger partial charge in [0, 0.05) is 10.9 Å². The van der Waals surface area contributed by atoms with E-state index in [-0.39, 0.29) is 5.56 Å². The topological polar surface area (TPSA) is 72.5 Å². The fraction of sp³-hybridized carbons (Fsp3) is 0.0909. The lowest BCUT2D eigenvalue weighted by Crippen LogP contribution is -1.98. The molecule has 0 bridgehead atoms. The number of methoxy groups -OCH3 is 1. The van der Waals surface area contributed by atoms with Crippen molar-refractivity contribution in [1.82, 2.24) is 4.98 Å². The molecule has 0 atom stereocenters. The summed E-state index contributed by atoms with van der Waals surface area (Å²) in [7, 11) is 1.19. The van der Waals surface area contributed by atoms with Gasteiger partial charge in [-0.15, -0.1) is 11.3 Å². The first kappa shape index (κ1) is 13.2. The van der Waals surface area contributed by atoms with E-state index in [9.17, 15) is 8.78 Å². The summed E-state index contributed by atoms with van der Waals surface area (Å²) in [6.45, 7) is 0. The van der Waals surface area contributed by atoms with E-state index < -0.39 is 17.4 Å². The lowest BCUT2D eigenvalue weighted by molar-refractivity contribution is 0.359. The molecule has 5 nitrogen and oxygen atoms in total. The predicted octanol–water partition coefficient (Wildman–Crippen LogP) is 2.46. The molecule has 100 valence electrons. The van der Waals surface area contributed by atoms with Crippen LogP contribution in [0.15, 0.2) is 22.6 Å². The van der Waals surface area contributed by atoms with Crippen LogP contribution in [0.4, 0.5) is 19.7 Å². The van der Waals surface area contributed by atoms with Crippen LogP contribution in [0.25, 0.3) is 0 Å². The maximum absolute atomic E-state index is 13.7. The highest BCUT2D eigenvalue weighted by molar-refractivity contribution is 7.14. The van der Waals surface area contributed by atoms with Crippen LogP contribution < -0.4 is 15.9 Å². The SMILES string of the molecule is COc1c(F)ccc(C=NNc2nc(N)cs2)c1F. The Labute approximate surface area is 111 Å². The van der Waals surface area contributed by atoms with Gasteiger partial charge in [0.05, 0.1) is 13.3 Å². The van der Waals surface area contributed by atoms with Gasteiger partial charge in [-0.2, -0.15) is 5.10 Å². The molecule has 1 aromatic heterocycles. The van der Waals surface area contributed by atoms with Crippen LogP contribution in [-0.4, -0.2) is 18.3 Å². The minimum Gasteiger partial charge on any atom is -0.491 e. The molecular formula is C11H10F2N4OS. The molecule has 1 heterocycles. The third-order valence-electron chi connectivity index (χ3n) is 2.17. The van der Waals surface area contributed by atoms with Gasteiger partial charge in [-0.05, 0) is 12.1 Å². The van der Waals surface area contributed by atoms with E-state index in [0.29, 0.717) is 10.9 Å². The highest BCUT2D eigenvalue weighted by Gasteiger charge is 2.12. The molecule has 0 spiro atoms. The van der Waals surface area contributed by atoms with Crippen LogP contribution in [0, 0.1) is 11.6 Å². The monoisotopic (exact) mass is 284 g/mol. The van der Waals surface area contributed by atoms with Gasteiger partial charge in [-0.1, -0.05) is 0 Å². The van der Waals surface area contributed by atoms with Gasteiger partial charge in [-0.25, -0.2) is 13.8 Å². The Morgan fingerprint density at radius 1 is 1.47 bits per heavy atom. The van der Waals surface area contributed by atoms with Crippen molar-refractivity contribution in [2.45, 2.75) is 0 Å². The zero-order chi connectivity index (χ0) is 13.8. The first-order valence-electron chi connectivity index (χ1n) is 5.14. The number of halogens is 2. The molecule has 3 N–H and O–H groups in total. The molecule has 2 aromatic rings. The third kappa shape index (κ3) is 2.97. The normalized spacial score (nSPS) is 10.9. The number of hydrogen-bond donors (Lipinski definition) is 2. The van der Waals surface area contributed by atoms with Gasteiger partial charge in [0.15, 0.2) is 17.4 Å². The number of hydrogen-bond acceptors (Lipinski definition) is 6. The van der Waals surface area contributed by atoms with E-state index in [1.807, 2.05) is 0 Å². The number of nitrogens with one attached hydrogen (secondary N) is 1. The summed E-state index contributed by atoms with van der Waals surface area (Å²) < 4.78 is 31.5. The summed E-state index contributed by atoms with van der Waals surface area (Å²) in [6.07, 6.45) is 1.20. The quantitative estimate of drug-likeness (QED) is 0.668. The molecule has 0 aliphatic carbocycles. The van der Waals surface area contributed by atoms with E-state index >= 15 is 0 Å². The molecule has 0 unspecified atom stereocenters. The molecule has 0 radical (unpaired) electrons. The molecule has 1 aromatic carbocycles. The van der Waals surface area contributed by atoms with Crippen molar-refractivity contribution in [3.8, 4) is 5.75 Å².